The summed E-state index contributed by atoms with van der Waals surface area (Å²) in [6.07, 6.45) is 12.0. The van der Waals surface area contributed by atoms with Crippen molar-refractivity contribution in [3.63, 3.8) is 0 Å². The van der Waals surface area contributed by atoms with Gasteiger partial charge in [-0.2, -0.15) is 0 Å². The first-order valence-electron chi connectivity index (χ1n) is 14.1. The molecule has 0 heterocycles. The van der Waals surface area contributed by atoms with E-state index in [1.54, 1.807) is 36.4 Å². The van der Waals surface area contributed by atoms with Crippen LogP contribution in [0.2, 0.25) is 0 Å². The second kappa shape index (κ2) is 23.0. The van der Waals surface area contributed by atoms with Crippen molar-refractivity contribution in [1.29, 1.82) is 0 Å². The summed E-state index contributed by atoms with van der Waals surface area (Å²) < 4.78 is 10.00. The molecular weight excluding hydrogens is 556 g/mol. The second-order valence-electron chi connectivity index (χ2n) is 9.34. The third-order valence-corrected chi connectivity index (χ3v) is 5.67. The van der Waals surface area contributed by atoms with Gasteiger partial charge >= 0.3 is 11.9 Å². The number of aliphatic carboxylic acids is 2. The summed E-state index contributed by atoms with van der Waals surface area (Å²) in [6, 6.07) is 9.34. The smallest absolute Gasteiger partial charge is 0.303 e. The average Bonchev–Trinajstić information content (AvgIpc) is 2.97. The Bertz CT molecular complexity index is 1120. The lowest BCUT2D eigenvalue weighted by Crippen LogP contribution is -2.01. The van der Waals surface area contributed by atoms with Gasteiger partial charge in [0.15, 0.2) is 34.6 Å². The van der Waals surface area contributed by atoms with Crippen molar-refractivity contribution in [3.05, 3.63) is 59.7 Å². The molecule has 0 radical (unpaired) electrons. The molecule has 2 aromatic rings. The Kier molecular flexibility index (Phi) is 20.6. The molecule has 0 saturated carbocycles. The third kappa shape index (κ3) is 19.2. The van der Waals surface area contributed by atoms with Crippen molar-refractivity contribution in [2.75, 3.05) is 14.2 Å². The molecule has 0 fully saturated rings. The molecule has 2 aromatic carbocycles. The van der Waals surface area contributed by atoms with E-state index in [2.05, 4.69) is 13.8 Å². The average molecular weight is 601 g/mol. The standard InChI is InChI=1S/C21H20O6.2C6H12O2/c1-26-20-11-14(5-9-18(20)24)3-7-16(22)13-17(23)8-4-15-6-10-19(25)21(12-15)27-2;2*1-2-3-4-5-6(7)8/h3-12,24-25H,13H2,1-2H3;2*2-5H2,1H3,(H,7,8)/b7-3+,8-4+;;. The molecule has 10 nitrogen and oxygen atoms in total. The van der Waals surface area contributed by atoms with Crippen molar-refractivity contribution in [2.24, 2.45) is 0 Å². The lowest BCUT2D eigenvalue weighted by Gasteiger charge is -2.03. The van der Waals surface area contributed by atoms with Gasteiger partial charge in [0, 0.05) is 12.8 Å². The van der Waals surface area contributed by atoms with Gasteiger partial charge in [-0.05, 0) is 60.4 Å². The molecule has 0 bridgehead atoms. The number of phenols is 2. The summed E-state index contributed by atoms with van der Waals surface area (Å²) in [4.78, 5) is 43.6. The summed E-state index contributed by atoms with van der Waals surface area (Å²) in [6.45, 7) is 4.11. The summed E-state index contributed by atoms with van der Waals surface area (Å²) in [7, 11) is 2.87. The molecule has 0 aromatic heterocycles. The summed E-state index contributed by atoms with van der Waals surface area (Å²) >= 11 is 0. The fourth-order valence-corrected chi connectivity index (χ4v) is 3.32. The maximum atomic E-state index is 11.9. The van der Waals surface area contributed by atoms with E-state index >= 15 is 0 Å². The predicted molar refractivity (Wildman–Crippen MR) is 166 cm³/mol. The van der Waals surface area contributed by atoms with Crippen LogP contribution in [-0.4, -0.2) is 58.2 Å². The first-order chi connectivity index (χ1) is 20.5. The number of phenolic OH excluding ortho intramolecular Hbond substituents is 2. The molecule has 0 amide bonds. The Morgan fingerprint density at radius 2 is 1.02 bits per heavy atom. The Hall–Kier alpha value is -4.60. The molecule has 10 heteroatoms. The molecule has 0 spiro atoms. The van der Waals surface area contributed by atoms with E-state index in [1.807, 2.05) is 0 Å². The highest BCUT2D eigenvalue weighted by Gasteiger charge is 2.06. The number of allylic oxidation sites excluding steroid dienone is 2. The van der Waals surface area contributed by atoms with E-state index in [0.29, 0.717) is 35.5 Å². The van der Waals surface area contributed by atoms with E-state index < -0.39 is 11.9 Å². The van der Waals surface area contributed by atoms with Gasteiger partial charge in [0.05, 0.1) is 20.6 Å². The number of unbranched alkanes of at least 4 members (excludes halogenated alkanes) is 4. The minimum absolute atomic E-state index is 0.00662. The highest BCUT2D eigenvalue weighted by molar-refractivity contribution is 6.10. The second-order valence-corrected chi connectivity index (χ2v) is 9.34. The summed E-state index contributed by atoms with van der Waals surface area (Å²) in [5.41, 5.74) is 1.33. The first-order valence-corrected chi connectivity index (χ1v) is 14.1. The van der Waals surface area contributed by atoms with Crippen molar-refractivity contribution in [3.8, 4) is 23.0 Å². The number of carboxylic acids is 2. The number of carboxylic acid groups (broad SMARTS) is 2. The minimum Gasteiger partial charge on any atom is -0.504 e. The van der Waals surface area contributed by atoms with E-state index in [1.165, 1.54) is 38.5 Å². The molecule has 4 N–H and O–H groups in total. The van der Waals surface area contributed by atoms with Crippen LogP contribution in [0.4, 0.5) is 0 Å². The van der Waals surface area contributed by atoms with Crippen molar-refractivity contribution in [1.82, 2.24) is 0 Å². The molecule has 236 valence electrons. The van der Waals surface area contributed by atoms with E-state index in [-0.39, 0.29) is 29.5 Å². The van der Waals surface area contributed by atoms with Crippen LogP contribution in [0.25, 0.3) is 12.2 Å². The van der Waals surface area contributed by atoms with Crippen molar-refractivity contribution >= 4 is 35.7 Å². The van der Waals surface area contributed by atoms with Crippen molar-refractivity contribution in [2.45, 2.75) is 71.6 Å². The lowest BCUT2D eigenvalue weighted by atomic mass is 10.1. The van der Waals surface area contributed by atoms with Crippen LogP contribution < -0.4 is 9.47 Å². The SMILES string of the molecule is CCCCCC(=O)O.CCCCCC(=O)O.COc1cc(/C=C/C(=O)CC(=O)/C=C/c2ccc(O)c(OC)c2)ccc1O. The van der Waals surface area contributed by atoms with E-state index in [0.717, 1.165) is 38.5 Å². The maximum Gasteiger partial charge on any atom is 0.303 e. The van der Waals surface area contributed by atoms with Crippen LogP contribution in [0.1, 0.15) is 82.8 Å². The number of carbonyl (C=O) groups excluding carboxylic acids is 2. The number of rotatable bonds is 16. The van der Waals surface area contributed by atoms with Gasteiger partial charge in [0.25, 0.3) is 0 Å². The molecule has 0 aliphatic rings. The number of hydrogen-bond acceptors (Lipinski definition) is 8. The number of aromatic hydroxyl groups is 2. The Morgan fingerprint density at radius 1 is 0.651 bits per heavy atom. The lowest BCUT2D eigenvalue weighted by molar-refractivity contribution is -0.138. The number of ketones is 2. The fraction of sp³-hybridized carbons (Fsp3) is 0.394. The van der Waals surface area contributed by atoms with Crippen molar-refractivity contribution < 1.29 is 49.1 Å². The van der Waals surface area contributed by atoms with Crippen LogP contribution in [0, 0.1) is 0 Å². The predicted octanol–water partition coefficient (Wildman–Crippen LogP) is 6.67. The van der Waals surface area contributed by atoms with Crippen LogP contribution in [0.3, 0.4) is 0 Å². The summed E-state index contributed by atoms with van der Waals surface area (Å²) in [5, 5.41) is 35.4. The number of benzene rings is 2. The fourth-order valence-electron chi connectivity index (χ4n) is 3.32. The molecule has 0 aliphatic heterocycles. The number of ether oxygens (including phenoxy) is 2. The topological polar surface area (TPSA) is 168 Å². The number of hydrogen-bond donors (Lipinski definition) is 4. The van der Waals surface area contributed by atoms with Gasteiger partial charge in [-0.15, -0.1) is 0 Å². The van der Waals surface area contributed by atoms with Gasteiger partial charge in [-0.3, -0.25) is 19.2 Å². The third-order valence-electron chi connectivity index (χ3n) is 5.67. The Balaban J connectivity index is 0.000000903. The zero-order valence-corrected chi connectivity index (χ0v) is 25.4. The molecule has 0 atom stereocenters. The van der Waals surface area contributed by atoms with Crippen LogP contribution in [0.5, 0.6) is 23.0 Å². The molecular formula is C33H44O10. The number of carbonyl (C=O) groups is 4. The van der Waals surface area contributed by atoms with Gasteiger partial charge in [-0.1, -0.05) is 63.8 Å². The molecule has 2 rings (SSSR count). The van der Waals surface area contributed by atoms with E-state index in [9.17, 15) is 29.4 Å². The van der Waals surface area contributed by atoms with Crippen LogP contribution >= 0.6 is 0 Å². The molecule has 0 saturated heterocycles. The number of methoxy groups -OCH3 is 2. The molecule has 43 heavy (non-hydrogen) atoms. The van der Waals surface area contributed by atoms with Gasteiger partial charge in [-0.25, -0.2) is 0 Å². The molecule has 0 unspecified atom stereocenters. The zero-order valence-electron chi connectivity index (χ0n) is 25.4. The largest absolute Gasteiger partial charge is 0.504 e. The zero-order chi connectivity index (χ0) is 32.6. The maximum absolute atomic E-state index is 11.9. The highest BCUT2D eigenvalue weighted by Crippen LogP contribution is 2.27. The Morgan fingerprint density at radius 3 is 1.33 bits per heavy atom. The first kappa shape index (κ1) is 38.4. The monoisotopic (exact) mass is 600 g/mol. The van der Waals surface area contributed by atoms with E-state index in [4.69, 9.17) is 19.7 Å². The van der Waals surface area contributed by atoms with Crippen LogP contribution in [-0.2, 0) is 19.2 Å². The minimum atomic E-state index is -0.682. The highest BCUT2D eigenvalue weighted by atomic mass is 16.5. The van der Waals surface area contributed by atoms with Gasteiger partial charge in [0.1, 0.15) is 0 Å². The molecule has 0 aliphatic carbocycles. The summed E-state index contributed by atoms with van der Waals surface area (Å²) in [5.74, 6) is -1.45. The quantitative estimate of drug-likeness (QED) is 0.0927. The Labute approximate surface area is 253 Å². The van der Waals surface area contributed by atoms with Gasteiger partial charge in [0.2, 0.25) is 0 Å². The normalized spacial score (nSPS) is 10.3. The van der Waals surface area contributed by atoms with Crippen LogP contribution in [0.15, 0.2) is 48.6 Å². The van der Waals surface area contributed by atoms with Gasteiger partial charge < -0.3 is 29.9 Å².